The number of imidazole rings is 1. The molecule has 0 fully saturated rings. The van der Waals surface area contributed by atoms with Crippen molar-refractivity contribution < 1.29 is 5.11 Å². The minimum absolute atomic E-state index is 0.107. The Bertz CT molecular complexity index is 659. The van der Waals surface area contributed by atoms with E-state index < -0.39 is 0 Å². The lowest BCUT2D eigenvalue weighted by Crippen LogP contribution is -2.03. The second-order valence-corrected chi connectivity index (χ2v) is 4.16. The Morgan fingerprint density at radius 3 is 2.44 bits per heavy atom. The van der Waals surface area contributed by atoms with E-state index in [0.717, 1.165) is 22.5 Å². The van der Waals surface area contributed by atoms with Gasteiger partial charge in [-0.05, 0) is 24.3 Å². The van der Waals surface area contributed by atoms with Gasteiger partial charge in [-0.1, -0.05) is 30.3 Å². The van der Waals surface area contributed by atoms with E-state index in [1.807, 2.05) is 36.4 Å². The number of hydrogen-bond acceptors (Lipinski definition) is 2. The third kappa shape index (κ3) is 1.79. The van der Waals surface area contributed by atoms with Gasteiger partial charge in [0.05, 0.1) is 17.6 Å². The van der Waals surface area contributed by atoms with Crippen LogP contribution in [0.15, 0.2) is 54.6 Å². The smallest absolute Gasteiger partial charge is 0.116 e. The van der Waals surface area contributed by atoms with Gasteiger partial charge in [0.25, 0.3) is 0 Å². The van der Waals surface area contributed by atoms with Crippen LogP contribution >= 0.6 is 0 Å². The van der Waals surface area contributed by atoms with Gasteiger partial charge in [0.15, 0.2) is 0 Å². The van der Waals surface area contributed by atoms with Crippen LogP contribution in [0.4, 0.5) is 0 Å². The minimum atomic E-state index is 0.107. The third-order valence-corrected chi connectivity index (χ3v) is 2.98. The highest BCUT2D eigenvalue weighted by Gasteiger charge is 2.10. The number of aromatic nitrogens is 2. The summed E-state index contributed by atoms with van der Waals surface area (Å²) in [6, 6.07) is 18.1. The van der Waals surface area contributed by atoms with Crippen molar-refractivity contribution in [1.82, 2.24) is 9.55 Å². The number of aliphatic hydroxyl groups is 1. The van der Waals surface area contributed by atoms with Gasteiger partial charge in [0, 0.05) is 12.1 Å². The van der Waals surface area contributed by atoms with Crippen molar-refractivity contribution in [2.45, 2.75) is 6.42 Å². The van der Waals surface area contributed by atoms with Crippen LogP contribution in [-0.2, 0) is 6.42 Å². The largest absolute Gasteiger partial charge is 0.396 e. The van der Waals surface area contributed by atoms with Gasteiger partial charge in [0.2, 0.25) is 0 Å². The molecule has 1 N–H and O–H groups in total. The van der Waals surface area contributed by atoms with Crippen LogP contribution in [0.3, 0.4) is 0 Å². The lowest BCUT2D eigenvalue weighted by Gasteiger charge is -2.08. The fraction of sp³-hybridized carbons (Fsp3) is 0.133. The van der Waals surface area contributed by atoms with E-state index in [4.69, 9.17) is 5.11 Å². The lowest BCUT2D eigenvalue weighted by atomic mass is 10.2. The Morgan fingerprint density at radius 2 is 1.67 bits per heavy atom. The van der Waals surface area contributed by atoms with E-state index in [9.17, 15) is 0 Å². The van der Waals surface area contributed by atoms with E-state index >= 15 is 0 Å². The molecule has 1 heterocycles. The molecule has 1 aromatic heterocycles. The van der Waals surface area contributed by atoms with Crippen LogP contribution in [0.2, 0.25) is 0 Å². The highest BCUT2D eigenvalue weighted by Crippen LogP contribution is 2.21. The second kappa shape index (κ2) is 4.63. The normalized spacial score (nSPS) is 10.9. The standard InChI is InChI=1S/C15H14N2O/c18-11-10-15-16-13-8-4-5-9-14(13)17(15)12-6-2-1-3-7-12/h1-9,18H,10-11H2. The SMILES string of the molecule is OCCc1nc2ccccc2n1-c1ccccc1. The molecule has 90 valence electrons. The highest BCUT2D eigenvalue weighted by atomic mass is 16.3. The number of nitrogens with zero attached hydrogens (tertiary/aromatic N) is 2. The molecule has 0 spiro atoms. The molecule has 0 unspecified atom stereocenters. The van der Waals surface area contributed by atoms with Crippen LogP contribution in [-0.4, -0.2) is 21.3 Å². The number of fused-ring (bicyclic) bond motifs is 1. The van der Waals surface area contributed by atoms with Crippen molar-refractivity contribution >= 4 is 11.0 Å². The number of benzene rings is 2. The predicted molar refractivity (Wildman–Crippen MR) is 71.9 cm³/mol. The zero-order valence-corrected chi connectivity index (χ0v) is 9.95. The zero-order valence-electron chi connectivity index (χ0n) is 9.95. The quantitative estimate of drug-likeness (QED) is 0.761. The van der Waals surface area contributed by atoms with Crippen LogP contribution in [0.25, 0.3) is 16.7 Å². The molecule has 0 aliphatic carbocycles. The molecule has 0 bridgehead atoms. The minimum Gasteiger partial charge on any atom is -0.396 e. The second-order valence-electron chi connectivity index (χ2n) is 4.16. The number of aliphatic hydroxyl groups excluding tert-OH is 1. The molecule has 0 atom stereocenters. The van der Waals surface area contributed by atoms with Crippen molar-refractivity contribution in [2.75, 3.05) is 6.61 Å². The Hall–Kier alpha value is -2.13. The van der Waals surface area contributed by atoms with E-state index in [-0.39, 0.29) is 6.61 Å². The fourth-order valence-electron chi connectivity index (χ4n) is 2.21. The molecule has 3 nitrogen and oxygen atoms in total. The van der Waals surface area contributed by atoms with E-state index in [1.165, 1.54) is 0 Å². The molecular formula is C15H14N2O. The van der Waals surface area contributed by atoms with Gasteiger partial charge in [-0.25, -0.2) is 4.98 Å². The van der Waals surface area contributed by atoms with E-state index in [0.29, 0.717) is 6.42 Å². The van der Waals surface area contributed by atoms with E-state index in [2.05, 4.69) is 27.8 Å². The molecule has 0 amide bonds. The average Bonchev–Trinajstić information content (AvgIpc) is 2.78. The maximum atomic E-state index is 9.16. The molecule has 0 radical (unpaired) electrons. The van der Waals surface area contributed by atoms with Crippen molar-refractivity contribution in [1.29, 1.82) is 0 Å². The molecule has 0 aliphatic rings. The summed E-state index contributed by atoms with van der Waals surface area (Å²) in [5.74, 6) is 0.893. The summed E-state index contributed by atoms with van der Waals surface area (Å²) in [7, 11) is 0. The summed E-state index contributed by atoms with van der Waals surface area (Å²) in [6.07, 6.45) is 0.559. The molecule has 0 saturated heterocycles. The summed E-state index contributed by atoms with van der Waals surface area (Å²) in [5.41, 5.74) is 3.12. The number of rotatable bonds is 3. The highest BCUT2D eigenvalue weighted by molar-refractivity contribution is 5.78. The maximum Gasteiger partial charge on any atom is 0.116 e. The van der Waals surface area contributed by atoms with Gasteiger partial charge < -0.3 is 5.11 Å². The molecule has 2 aromatic carbocycles. The zero-order chi connectivity index (χ0) is 12.4. The van der Waals surface area contributed by atoms with Crippen LogP contribution < -0.4 is 0 Å². The molecular weight excluding hydrogens is 224 g/mol. The molecule has 3 heteroatoms. The number of para-hydroxylation sites is 3. The summed E-state index contributed by atoms with van der Waals surface area (Å²) in [6.45, 7) is 0.107. The van der Waals surface area contributed by atoms with Crippen molar-refractivity contribution in [2.24, 2.45) is 0 Å². The van der Waals surface area contributed by atoms with Gasteiger partial charge in [0.1, 0.15) is 5.82 Å². The van der Waals surface area contributed by atoms with Crippen LogP contribution in [0.5, 0.6) is 0 Å². The average molecular weight is 238 g/mol. The first-order chi connectivity index (χ1) is 8.90. The predicted octanol–water partition coefficient (Wildman–Crippen LogP) is 2.56. The fourth-order valence-corrected chi connectivity index (χ4v) is 2.21. The molecule has 0 saturated carbocycles. The Labute approximate surface area is 105 Å². The Morgan fingerprint density at radius 1 is 0.944 bits per heavy atom. The molecule has 3 rings (SSSR count). The molecule has 18 heavy (non-hydrogen) atoms. The maximum absolute atomic E-state index is 9.16. The first kappa shape index (κ1) is 11.0. The summed E-state index contributed by atoms with van der Waals surface area (Å²) in [5, 5.41) is 9.16. The first-order valence-electron chi connectivity index (χ1n) is 6.03. The van der Waals surface area contributed by atoms with Gasteiger partial charge in [-0.2, -0.15) is 0 Å². The van der Waals surface area contributed by atoms with Gasteiger partial charge in [-0.15, -0.1) is 0 Å². The topological polar surface area (TPSA) is 38.1 Å². The van der Waals surface area contributed by atoms with Crippen LogP contribution in [0, 0.1) is 0 Å². The summed E-state index contributed by atoms with van der Waals surface area (Å²) < 4.78 is 2.10. The lowest BCUT2D eigenvalue weighted by molar-refractivity contribution is 0.296. The summed E-state index contributed by atoms with van der Waals surface area (Å²) >= 11 is 0. The van der Waals surface area contributed by atoms with Gasteiger partial charge in [-0.3, -0.25) is 4.57 Å². The summed E-state index contributed by atoms with van der Waals surface area (Å²) in [4.78, 5) is 4.58. The molecule has 0 aliphatic heterocycles. The van der Waals surface area contributed by atoms with Crippen LogP contribution in [0.1, 0.15) is 5.82 Å². The van der Waals surface area contributed by atoms with Crippen molar-refractivity contribution in [3.05, 3.63) is 60.4 Å². The number of hydrogen-bond donors (Lipinski definition) is 1. The third-order valence-electron chi connectivity index (χ3n) is 2.98. The van der Waals surface area contributed by atoms with E-state index in [1.54, 1.807) is 0 Å². The van der Waals surface area contributed by atoms with Crippen molar-refractivity contribution in [3.8, 4) is 5.69 Å². The monoisotopic (exact) mass is 238 g/mol. The van der Waals surface area contributed by atoms with Crippen molar-refractivity contribution in [3.63, 3.8) is 0 Å². The van der Waals surface area contributed by atoms with Gasteiger partial charge >= 0.3 is 0 Å². The Balaban J connectivity index is 2.28. The Kier molecular flexibility index (Phi) is 2.82. The first-order valence-corrected chi connectivity index (χ1v) is 6.03. The molecule has 3 aromatic rings.